The van der Waals surface area contributed by atoms with Crippen molar-refractivity contribution in [2.24, 2.45) is 5.92 Å². The monoisotopic (exact) mass is 328 g/mol. The molecule has 2 rings (SSSR count). The zero-order valence-electron chi connectivity index (χ0n) is 13.4. The number of carbonyl (C=O) groups is 1. The van der Waals surface area contributed by atoms with Gasteiger partial charge in [-0.2, -0.15) is 5.26 Å². The molecule has 0 heterocycles. The summed E-state index contributed by atoms with van der Waals surface area (Å²) < 4.78 is 24.0. The molecule has 1 N–H and O–H groups in total. The molecule has 0 fully saturated rings. The molecule has 0 aliphatic carbocycles. The van der Waals surface area contributed by atoms with Gasteiger partial charge in [-0.25, -0.2) is 4.39 Å². The summed E-state index contributed by atoms with van der Waals surface area (Å²) in [6, 6.07) is 12.9. The largest absolute Gasteiger partial charge is 0.497 e. The third kappa shape index (κ3) is 4.02. The predicted octanol–water partition coefficient (Wildman–Crippen LogP) is 3.16. The molecule has 0 saturated carbocycles. The van der Waals surface area contributed by atoms with Crippen molar-refractivity contribution in [2.75, 3.05) is 19.5 Å². The van der Waals surface area contributed by atoms with Crippen molar-refractivity contribution < 1.29 is 18.7 Å². The summed E-state index contributed by atoms with van der Waals surface area (Å²) in [5.41, 5.74) is 0.734. The fraction of sp³-hybridized carbons (Fsp3) is 0.222. The van der Waals surface area contributed by atoms with Crippen LogP contribution < -0.4 is 14.8 Å². The van der Waals surface area contributed by atoms with Crippen LogP contribution in [0.5, 0.6) is 11.5 Å². The Kier molecular flexibility index (Phi) is 5.74. The molecule has 0 spiro atoms. The Morgan fingerprint density at radius 1 is 1.25 bits per heavy atom. The lowest BCUT2D eigenvalue weighted by Gasteiger charge is -2.14. The van der Waals surface area contributed by atoms with Gasteiger partial charge in [0.25, 0.3) is 0 Å². The first-order valence-electron chi connectivity index (χ1n) is 7.25. The van der Waals surface area contributed by atoms with Crippen molar-refractivity contribution in [3.8, 4) is 17.6 Å². The first kappa shape index (κ1) is 17.3. The first-order valence-corrected chi connectivity index (χ1v) is 7.25. The van der Waals surface area contributed by atoms with Crippen molar-refractivity contribution in [3.05, 3.63) is 53.8 Å². The van der Waals surface area contributed by atoms with E-state index in [1.54, 1.807) is 24.3 Å². The lowest BCUT2D eigenvalue weighted by molar-refractivity contribution is -0.118. The molecule has 0 unspecified atom stereocenters. The lowest BCUT2D eigenvalue weighted by Crippen LogP contribution is -2.24. The van der Waals surface area contributed by atoms with Crippen LogP contribution >= 0.6 is 0 Å². The Balaban J connectivity index is 2.16. The topological polar surface area (TPSA) is 71.3 Å². The van der Waals surface area contributed by atoms with Crippen LogP contribution in [0.1, 0.15) is 5.56 Å². The summed E-state index contributed by atoms with van der Waals surface area (Å²) in [5.74, 6) is -0.967. The number of nitriles is 1. The maximum atomic E-state index is 13.6. The van der Waals surface area contributed by atoms with Crippen LogP contribution in [0.15, 0.2) is 42.5 Å². The molecule has 0 aliphatic heterocycles. The highest BCUT2D eigenvalue weighted by molar-refractivity contribution is 5.94. The first-order chi connectivity index (χ1) is 11.6. The molecule has 5 nitrogen and oxygen atoms in total. The fourth-order valence-corrected chi connectivity index (χ4v) is 2.22. The molecule has 0 aliphatic rings. The van der Waals surface area contributed by atoms with Gasteiger partial charge in [0.2, 0.25) is 5.91 Å². The quantitative estimate of drug-likeness (QED) is 0.884. The van der Waals surface area contributed by atoms with Gasteiger partial charge < -0.3 is 14.8 Å². The van der Waals surface area contributed by atoms with Crippen LogP contribution in [0.3, 0.4) is 0 Å². The van der Waals surface area contributed by atoms with Gasteiger partial charge in [0.1, 0.15) is 23.2 Å². The van der Waals surface area contributed by atoms with E-state index >= 15 is 0 Å². The number of methoxy groups -OCH3 is 2. The maximum absolute atomic E-state index is 13.6. The second-order valence-corrected chi connectivity index (χ2v) is 5.03. The Morgan fingerprint density at radius 3 is 2.62 bits per heavy atom. The van der Waals surface area contributed by atoms with E-state index in [0.717, 1.165) is 0 Å². The molecule has 0 aromatic heterocycles. The van der Waals surface area contributed by atoms with Crippen LogP contribution in [-0.4, -0.2) is 20.1 Å². The molecule has 2 aromatic carbocycles. The van der Waals surface area contributed by atoms with Gasteiger partial charge in [-0.1, -0.05) is 18.2 Å². The van der Waals surface area contributed by atoms with E-state index in [0.29, 0.717) is 17.1 Å². The molecular weight excluding hydrogens is 311 g/mol. The van der Waals surface area contributed by atoms with E-state index in [1.807, 2.05) is 6.07 Å². The number of rotatable bonds is 6. The van der Waals surface area contributed by atoms with Crippen LogP contribution in [0.2, 0.25) is 0 Å². The molecule has 24 heavy (non-hydrogen) atoms. The standard InChI is InChI=1S/C18H17FN2O3/c1-23-14-8-7-12(17(10-14)24-2)9-13(11-20)18(22)21-16-6-4-3-5-15(16)19/h3-8,10,13H,9H2,1-2H3,(H,21,22)/t13-/m1/s1. The summed E-state index contributed by atoms with van der Waals surface area (Å²) >= 11 is 0. The maximum Gasteiger partial charge on any atom is 0.242 e. The molecule has 0 bridgehead atoms. The predicted molar refractivity (Wildman–Crippen MR) is 87.4 cm³/mol. The second kappa shape index (κ2) is 7.97. The van der Waals surface area contributed by atoms with Gasteiger partial charge in [-0.05, 0) is 23.8 Å². The number of anilines is 1. The number of hydrogen-bond donors (Lipinski definition) is 1. The van der Waals surface area contributed by atoms with Gasteiger partial charge >= 0.3 is 0 Å². The van der Waals surface area contributed by atoms with Crippen molar-refractivity contribution >= 4 is 11.6 Å². The Morgan fingerprint density at radius 2 is 2.00 bits per heavy atom. The number of benzene rings is 2. The summed E-state index contributed by atoms with van der Waals surface area (Å²) in [6.07, 6.45) is 0.143. The fourth-order valence-electron chi connectivity index (χ4n) is 2.22. The molecule has 2 aromatic rings. The molecule has 124 valence electrons. The molecule has 6 heteroatoms. The van der Waals surface area contributed by atoms with E-state index in [1.165, 1.54) is 32.4 Å². The third-order valence-electron chi connectivity index (χ3n) is 3.52. The van der Waals surface area contributed by atoms with E-state index in [-0.39, 0.29) is 12.1 Å². The third-order valence-corrected chi connectivity index (χ3v) is 3.52. The van der Waals surface area contributed by atoms with E-state index < -0.39 is 17.6 Å². The van der Waals surface area contributed by atoms with Crippen LogP contribution in [0, 0.1) is 23.1 Å². The highest BCUT2D eigenvalue weighted by atomic mass is 19.1. The van der Waals surface area contributed by atoms with E-state index in [9.17, 15) is 14.4 Å². The Bertz CT molecular complexity index is 771. The van der Waals surface area contributed by atoms with Crippen molar-refractivity contribution in [2.45, 2.75) is 6.42 Å². The van der Waals surface area contributed by atoms with Gasteiger partial charge in [-0.15, -0.1) is 0 Å². The number of amides is 1. The second-order valence-electron chi connectivity index (χ2n) is 5.03. The highest BCUT2D eigenvalue weighted by Crippen LogP contribution is 2.27. The van der Waals surface area contributed by atoms with Crippen molar-refractivity contribution in [1.29, 1.82) is 5.26 Å². The zero-order valence-corrected chi connectivity index (χ0v) is 13.4. The van der Waals surface area contributed by atoms with Gasteiger partial charge in [-0.3, -0.25) is 4.79 Å². The molecular formula is C18H17FN2O3. The summed E-state index contributed by atoms with van der Waals surface area (Å²) in [5, 5.41) is 11.7. The number of nitrogens with one attached hydrogen (secondary N) is 1. The highest BCUT2D eigenvalue weighted by Gasteiger charge is 2.21. The average Bonchev–Trinajstić information content (AvgIpc) is 2.61. The smallest absolute Gasteiger partial charge is 0.242 e. The van der Waals surface area contributed by atoms with Crippen LogP contribution in [0.4, 0.5) is 10.1 Å². The minimum Gasteiger partial charge on any atom is -0.497 e. The molecule has 0 saturated heterocycles. The number of halogens is 1. The summed E-state index contributed by atoms with van der Waals surface area (Å²) in [4.78, 5) is 12.3. The number of nitrogens with zero attached hydrogens (tertiary/aromatic N) is 1. The molecule has 1 amide bonds. The van der Waals surface area contributed by atoms with Crippen molar-refractivity contribution in [3.63, 3.8) is 0 Å². The molecule has 0 radical (unpaired) electrons. The van der Waals surface area contributed by atoms with Gasteiger partial charge in [0, 0.05) is 12.5 Å². The normalized spacial score (nSPS) is 11.2. The summed E-state index contributed by atoms with van der Waals surface area (Å²) in [7, 11) is 3.04. The molecule has 1 atom stereocenters. The summed E-state index contributed by atoms with van der Waals surface area (Å²) in [6.45, 7) is 0. The van der Waals surface area contributed by atoms with Crippen molar-refractivity contribution in [1.82, 2.24) is 0 Å². The van der Waals surface area contributed by atoms with Crippen LogP contribution in [0.25, 0.3) is 0 Å². The minimum atomic E-state index is -0.980. The minimum absolute atomic E-state index is 0.0458. The SMILES string of the molecule is COc1ccc(C[C@H](C#N)C(=O)Nc2ccccc2F)c(OC)c1. The van der Waals surface area contributed by atoms with Gasteiger partial charge in [0.05, 0.1) is 26.0 Å². The number of para-hydroxylation sites is 1. The van der Waals surface area contributed by atoms with Crippen LogP contribution in [-0.2, 0) is 11.2 Å². The number of carbonyl (C=O) groups excluding carboxylic acids is 1. The Hall–Kier alpha value is -3.07. The number of ether oxygens (including phenoxy) is 2. The van der Waals surface area contributed by atoms with Gasteiger partial charge in [0.15, 0.2) is 0 Å². The Labute approximate surface area is 139 Å². The lowest BCUT2D eigenvalue weighted by atomic mass is 9.98. The van der Waals surface area contributed by atoms with E-state index in [4.69, 9.17) is 9.47 Å². The zero-order chi connectivity index (χ0) is 17.5. The average molecular weight is 328 g/mol. The number of hydrogen-bond acceptors (Lipinski definition) is 4. The van der Waals surface area contributed by atoms with E-state index in [2.05, 4.69) is 5.32 Å².